The van der Waals surface area contributed by atoms with Crippen LogP contribution in [0.5, 0.6) is 0 Å². The van der Waals surface area contributed by atoms with E-state index in [-0.39, 0.29) is 29.6 Å². The van der Waals surface area contributed by atoms with E-state index in [1.54, 1.807) is 60.7 Å². The summed E-state index contributed by atoms with van der Waals surface area (Å²) >= 11 is 0. The van der Waals surface area contributed by atoms with Crippen molar-refractivity contribution in [1.29, 1.82) is 0 Å². The zero-order valence-electron chi connectivity index (χ0n) is 20.7. The summed E-state index contributed by atoms with van der Waals surface area (Å²) in [5.74, 6) is 0. The molecule has 0 saturated carbocycles. The van der Waals surface area contributed by atoms with Gasteiger partial charge in [0.05, 0.1) is 14.7 Å². The second kappa shape index (κ2) is 14.0. The summed E-state index contributed by atoms with van der Waals surface area (Å²) in [6, 6.07) is 27.2. The van der Waals surface area contributed by atoms with Crippen molar-refractivity contribution in [3.05, 3.63) is 96.6 Å². The zero-order chi connectivity index (χ0) is 25.4. The quantitative estimate of drug-likeness (QED) is 0.297. The predicted octanol–water partition coefficient (Wildman–Crippen LogP) is 1.95. The molecule has 0 spiro atoms. The van der Waals surface area contributed by atoms with E-state index in [2.05, 4.69) is 17.0 Å². The van der Waals surface area contributed by atoms with Gasteiger partial charge in [-0.2, -0.15) is 0 Å². The van der Waals surface area contributed by atoms with Crippen LogP contribution in [0.25, 0.3) is 0 Å². The molecule has 0 aromatic heterocycles. The van der Waals surface area contributed by atoms with Crippen LogP contribution in [0.2, 0.25) is 0 Å². The van der Waals surface area contributed by atoms with Gasteiger partial charge >= 0.3 is 17.1 Å². The third-order valence-electron chi connectivity index (χ3n) is 6.52. The fourth-order valence-corrected chi connectivity index (χ4v) is 7.66. The Morgan fingerprint density at radius 2 is 0.865 bits per heavy atom. The minimum Gasteiger partial charge on any atom is -0.795 e. The van der Waals surface area contributed by atoms with Gasteiger partial charge in [-0.15, -0.1) is 0 Å². The molecule has 0 aliphatic carbocycles. The Bertz CT molecular complexity index is 1110. The van der Waals surface area contributed by atoms with Crippen LogP contribution in [0.1, 0.15) is 5.56 Å². The van der Waals surface area contributed by atoms with Crippen LogP contribution in [0.4, 0.5) is 0 Å². The van der Waals surface area contributed by atoms with Gasteiger partial charge in [-0.1, -0.05) is 91.0 Å². The number of rotatable bonds is 8. The summed E-state index contributed by atoms with van der Waals surface area (Å²) in [6.45, 7) is 4.27. The van der Waals surface area contributed by atoms with Gasteiger partial charge in [-0.3, -0.25) is 14.7 Å². The Morgan fingerprint density at radius 3 is 1.24 bits per heavy atom. The van der Waals surface area contributed by atoms with Crippen molar-refractivity contribution in [2.75, 3.05) is 51.8 Å². The molecular formula is C27H33FeN3O4P2+3. The third kappa shape index (κ3) is 9.01. The molecular weight excluding hydrogens is 548 g/mol. The number of nitrogens with zero attached hydrogens (tertiary/aromatic N) is 3. The predicted molar refractivity (Wildman–Crippen MR) is 142 cm³/mol. The molecule has 0 N–H and O–H groups in total. The summed E-state index contributed by atoms with van der Waals surface area (Å²) in [5.41, 5.74) is 1.17. The molecule has 0 amide bonds. The van der Waals surface area contributed by atoms with Crippen LogP contribution >= 0.6 is 14.7 Å². The first-order chi connectivity index (χ1) is 17.3. The van der Waals surface area contributed by atoms with Crippen molar-refractivity contribution in [3.63, 3.8) is 0 Å². The summed E-state index contributed by atoms with van der Waals surface area (Å²) in [4.78, 5) is 32.4. The van der Waals surface area contributed by atoms with Gasteiger partial charge in [0.1, 0.15) is 0 Å². The third-order valence-corrected chi connectivity index (χ3v) is 10.2. The minimum absolute atomic E-state index is 0. The molecule has 195 valence electrons. The summed E-state index contributed by atoms with van der Waals surface area (Å²) in [7, 11) is -7.67. The topological polar surface area (TPSA) is 90.0 Å². The average molecular weight is 581 g/mol. The van der Waals surface area contributed by atoms with Crippen LogP contribution in [0, 0.1) is 0 Å². The molecule has 7 nitrogen and oxygen atoms in total. The van der Waals surface area contributed by atoms with Crippen molar-refractivity contribution < 1.29 is 36.0 Å². The molecule has 3 aromatic carbocycles. The van der Waals surface area contributed by atoms with E-state index in [9.17, 15) is 18.9 Å². The van der Waals surface area contributed by atoms with Gasteiger partial charge in [-0.05, 0) is 16.2 Å². The fraction of sp³-hybridized carbons (Fsp3) is 0.333. The van der Waals surface area contributed by atoms with Gasteiger partial charge in [0.2, 0.25) is 0 Å². The van der Waals surface area contributed by atoms with Crippen LogP contribution in [-0.2, 0) is 32.7 Å². The van der Waals surface area contributed by atoms with Gasteiger partial charge in [-0.25, -0.2) is 0 Å². The maximum Gasteiger partial charge on any atom is 5.00 e. The van der Waals surface area contributed by atoms with Crippen LogP contribution in [-0.4, -0.2) is 66.5 Å². The van der Waals surface area contributed by atoms with Gasteiger partial charge < -0.3 is 18.9 Å². The van der Waals surface area contributed by atoms with Crippen LogP contribution in [0.15, 0.2) is 91.0 Å². The first-order valence-corrected chi connectivity index (χ1v) is 15.9. The van der Waals surface area contributed by atoms with E-state index in [1.807, 2.05) is 28.0 Å². The van der Waals surface area contributed by atoms with Gasteiger partial charge in [0, 0.05) is 58.4 Å². The SMILES string of the molecule is O=P([O-])(CN1CCN(Cc2ccccc2)CCN(CP(=O)([O-])c2ccccc2)CC1)c1ccccc1.[Fe+5]. The fourth-order valence-electron chi connectivity index (χ4n) is 4.47. The van der Waals surface area contributed by atoms with E-state index < -0.39 is 14.7 Å². The summed E-state index contributed by atoms with van der Waals surface area (Å²) in [6.07, 6.45) is -0.143. The standard InChI is InChI=1S/C27H35N3O4P2.Fe/c31-35(32,26-12-6-2-7-13-26)23-29-18-16-28(22-25-10-4-1-5-11-25)17-19-30(21-20-29)24-36(33,34)27-14-8-3-9-15-27;/h1-15H,16-24H2,(H,31,32)(H,33,34);/q;+5/p-2. The normalized spacial score (nSPS) is 19.4. The van der Waals surface area contributed by atoms with E-state index in [0.717, 1.165) is 6.54 Å². The Hall–Kier alpha value is -1.56. The molecule has 1 heterocycles. The average Bonchev–Trinajstić information content (AvgIpc) is 2.97. The molecule has 1 saturated heterocycles. The Morgan fingerprint density at radius 1 is 0.541 bits per heavy atom. The molecule has 37 heavy (non-hydrogen) atoms. The maximum atomic E-state index is 13.1. The molecule has 1 radical (unpaired) electrons. The first-order valence-electron chi connectivity index (χ1n) is 12.2. The van der Waals surface area contributed by atoms with Crippen molar-refractivity contribution in [3.8, 4) is 0 Å². The van der Waals surface area contributed by atoms with Crippen LogP contribution in [0.3, 0.4) is 0 Å². The molecule has 0 bridgehead atoms. The molecule has 10 heteroatoms. The van der Waals surface area contributed by atoms with Crippen molar-refractivity contribution >= 4 is 25.3 Å². The molecule has 3 aromatic rings. The molecule has 1 aliphatic rings. The Balaban J connectivity index is 0.00000380. The molecule has 2 unspecified atom stereocenters. The van der Waals surface area contributed by atoms with E-state index in [0.29, 0.717) is 49.9 Å². The smallest absolute Gasteiger partial charge is 0.795 e. The van der Waals surface area contributed by atoms with Crippen molar-refractivity contribution in [2.24, 2.45) is 0 Å². The Kier molecular flexibility index (Phi) is 11.4. The van der Waals surface area contributed by atoms with Gasteiger partial charge in [0.25, 0.3) is 0 Å². The van der Waals surface area contributed by atoms with E-state index in [4.69, 9.17) is 0 Å². The molecule has 4 rings (SSSR count). The second-order valence-electron chi connectivity index (χ2n) is 9.30. The second-order valence-corrected chi connectivity index (χ2v) is 13.6. The number of hydrogen-bond acceptors (Lipinski definition) is 7. The first kappa shape index (κ1) is 30.0. The molecule has 1 fully saturated rings. The number of hydrogen-bond donors (Lipinski definition) is 0. The zero-order valence-corrected chi connectivity index (χ0v) is 23.6. The Labute approximate surface area is 230 Å². The van der Waals surface area contributed by atoms with E-state index >= 15 is 0 Å². The monoisotopic (exact) mass is 581 g/mol. The largest absolute Gasteiger partial charge is 5.00 e. The van der Waals surface area contributed by atoms with Crippen LogP contribution < -0.4 is 20.4 Å². The molecule has 1 aliphatic heterocycles. The summed E-state index contributed by atoms with van der Waals surface area (Å²) < 4.78 is 26.2. The maximum absolute atomic E-state index is 13.1. The number of benzene rings is 3. The molecule has 2 atom stereocenters. The summed E-state index contributed by atoms with van der Waals surface area (Å²) in [5, 5.41) is 0.659. The van der Waals surface area contributed by atoms with Crippen molar-refractivity contribution in [1.82, 2.24) is 14.7 Å². The van der Waals surface area contributed by atoms with E-state index in [1.165, 1.54) is 5.56 Å². The van der Waals surface area contributed by atoms with Gasteiger partial charge in [0.15, 0.2) is 0 Å². The van der Waals surface area contributed by atoms with Crippen molar-refractivity contribution in [2.45, 2.75) is 6.54 Å². The minimum atomic E-state index is -3.83.